The molecule has 1 aromatic heterocycles. The fourth-order valence-corrected chi connectivity index (χ4v) is 3.81. The largest absolute Gasteiger partial charge is 0.355 e. The number of nitriles is 1. The van der Waals surface area contributed by atoms with E-state index in [4.69, 9.17) is 4.98 Å². The number of nitrogens with zero attached hydrogens (tertiary/aromatic N) is 3. The number of rotatable bonds is 1. The molecule has 0 amide bonds. The molecular formula is C15H18N4. The van der Waals surface area contributed by atoms with Crippen molar-refractivity contribution in [3.8, 4) is 6.07 Å². The predicted octanol–water partition coefficient (Wildman–Crippen LogP) is 1.10. The lowest BCUT2D eigenvalue weighted by molar-refractivity contribution is 0.533. The molecule has 4 rings (SSSR count). The second kappa shape index (κ2) is 4.21. The highest BCUT2D eigenvalue weighted by molar-refractivity contribution is 5.57. The Morgan fingerprint density at radius 2 is 2.05 bits per heavy atom. The third-order valence-corrected chi connectivity index (χ3v) is 4.84. The normalized spacial score (nSPS) is 28.3. The molecule has 1 aliphatic carbocycles. The third kappa shape index (κ3) is 1.73. The van der Waals surface area contributed by atoms with Crippen LogP contribution in [-0.4, -0.2) is 31.2 Å². The van der Waals surface area contributed by atoms with Crippen molar-refractivity contribution in [2.45, 2.75) is 19.3 Å². The lowest BCUT2D eigenvalue weighted by Crippen LogP contribution is -2.27. The van der Waals surface area contributed by atoms with E-state index >= 15 is 0 Å². The van der Waals surface area contributed by atoms with Crippen molar-refractivity contribution in [1.82, 2.24) is 10.3 Å². The molecule has 3 heterocycles. The summed E-state index contributed by atoms with van der Waals surface area (Å²) in [5.41, 5.74) is 3.29. The Morgan fingerprint density at radius 1 is 1.26 bits per heavy atom. The molecule has 2 atom stereocenters. The molecule has 1 aromatic rings. The summed E-state index contributed by atoms with van der Waals surface area (Å²) in [5.74, 6) is 2.42. The molecular weight excluding hydrogens is 236 g/mol. The maximum Gasteiger partial charge on any atom is 0.146 e. The molecule has 4 nitrogen and oxygen atoms in total. The number of aryl methyl sites for hydroxylation is 2. The first-order chi connectivity index (χ1) is 9.35. The molecule has 0 aromatic carbocycles. The summed E-state index contributed by atoms with van der Waals surface area (Å²) >= 11 is 0. The van der Waals surface area contributed by atoms with Crippen LogP contribution in [0.1, 0.15) is 23.2 Å². The first-order valence-electron chi connectivity index (χ1n) is 7.23. The number of anilines is 1. The number of hydrogen-bond acceptors (Lipinski definition) is 4. The van der Waals surface area contributed by atoms with Crippen LogP contribution in [-0.2, 0) is 12.8 Å². The van der Waals surface area contributed by atoms with Crippen LogP contribution in [0.5, 0.6) is 0 Å². The highest BCUT2D eigenvalue weighted by Gasteiger charge is 2.37. The highest BCUT2D eigenvalue weighted by atomic mass is 15.2. The van der Waals surface area contributed by atoms with Gasteiger partial charge in [-0.2, -0.15) is 5.26 Å². The smallest absolute Gasteiger partial charge is 0.146 e. The van der Waals surface area contributed by atoms with Crippen LogP contribution >= 0.6 is 0 Å². The number of nitrogens with one attached hydrogen (secondary N) is 1. The number of aromatic nitrogens is 1. The Morgan fingerprint density at radius 3 is 2.79 bits per heavy atom. The van der Waals surface area contributed by atoms with Gasteiger partial charge in [-0.3, -0.25) is 0 Å². The van der Waals surface area contributed by atoms with Gasteiger partial charge in [0.05, 0.1) is 5.56 Å². The molecule has 19 heavy (non-hydrogen) atoms. The van der Waals surface area contributed by atoms with E-state index in [9.17, 15) is 5.26 Å². The van der Waals surface area contributed by atoms with Crippen LogP contribution in [0.3, 0.4) is 0 Å². The van der Waals surface area contributed by atoms with E-state index in [2.05, 4.69) is 22.4 Å². The van der Waals surface area contributed by atoms with Gasteiger partial charge in [-0.15, -0.1) is 0 Å². The van der Waals surface area contributed by atoms with Gasteiger partial charge in [0.2, 0.25) is 0 Å². The quantitative estimate of drug-likeness (QED) is 0.815. The summed E-state index contributed by atoms with van der Waals surface area (Å²) in [5, 5.41) is 12.8. The number of fused-ring (bicyclic) bond motifs is 2. The molecule has 2 aliphatic heterocycles. The van der Waals surface area contributed by atoms with Crippen molar-refractivity contribution >= 4 is 5.82 Å². The molecule has 0 spiro atoms. The van der Waals surface area contributed by atoms with Gasteiger partial charge in [0.1, 0.15) is 11.9 Å². The predicted molar refractivity (Wildman–Crippen MR) is 73.0 cm³/mol. The molecule has 98 valence electrons. The summed E-state index contributed by atoms with van der Waals surface area (Å²) in [6.07, 6.45) is 3.36. The lowest BCUT2D eigenvalue weighted by atomic mass is 10.0. The molecule has 0 unspecified atom stereocenters. The Kier molecular flexibility index (Phi) is 2.49. The van der Waals surface area contributed by atoms with Crippen molar-refractivity contribution in [1.29, 1.82) is 5.26 Å². The van der Waals surface area contributed by atoms with Gasteiger partial charge < -0.3 is 10.2 Å². The first kappa shape index (κ1) is 11.2. The minimum Gasteiger partial charge on any atom is -0.355 e. The molecule has 1 N–H and O–H groups in total. The van der Waals surface area contributed by atoms with Crippen molar-refractivity contribution in [3.63, 3.8) is 0 Å². The maximum absolute atomic E-state index is 9.38. The average molecular weight is 254 g/mol. The van der Waals surface area contributed by atoms with Gasteiger partial charge in [-0.1, -0.05) is 0 Å². The van der Waals surface area contributed by atoms with Crippen molar-refractivity contribution < 1.29 is 0 Å². The molecule has 4 heteroatoms. The fourth-order valence-electron chi connectivity index (χ4n) is 3.81. The first-order valence-corrected chi connectivity index (χ1v) is 7.23. The Labute approximate surface area is 113 Å². The maximum atomic E-state index is 9.38. The topological polar surface area (TPSA) is 52.0 Å². The monoisotopic (exact) mass is 254 g/mol. The second-order valence-corrected chi connectivity index (χ2v) is 6.01. The zero-order valence-electron chi connectivity index (χ0n) is 11.0. The zero-order valence-corrected chi connectivity index (χ0v) is 11.0. The second-order valence-electron chi connectivity index (χ2n) is 6.01. The molecule has 2 saturated heterocycles. The third-order valence-electron chi connectivity index (χ3n) is 4.84. The Hall–Kier alpha value is -1.60. The van der Waals surface area contributed by atoms with Crippen LogP contribution in [0, 0.1) is 23.2 Å². The van der Waals surface area contributed by atoms with E-state index in [0.29, 0.717) is 0 Å². The Balaban J connectivity index is 1.69. The Bertz CT molecular complexity index is 548. The standard InChI is InChI=1S/C15H18N4/c16-5-11-4-10-2-1-3-14(10)18-15(11)19-8-12-6-17-7-13(12)9-19/h4,12-13,17H,1-3,6-9H2/t12-,13+. The van der Waals surface area contributed by atoms with E-state index in [-0.39, 0.29) is 0 Å². The number of hydrogen-bond donors (Lipinski definition) is 1. The van der Waals surface area contributed by atoms with Gasteiger partial charge >= 0.3 is 0 Å². The highest BCUT2D eigenvalue weighted by Crippen LogP contribution is 2.33. The van der Waals surface area contributed by atoms with Crippen molar-refractivity contribution in [2.75, 3.05) is 31.1 Å². The van der Waals surface area contributed by atoms with Gasteiger partial charge in [0.15, 0.2) is 0 Å². The molecule has 2 fully saturated rings. The molecule has 0 saturated carbocycles. The minimum absolute atomic E-state index is 0.738. The summed E-state index contributed by atoms with van der Waals surface area (Å²) in [7, 11) is 0. The summed E-state index contributed by atoms with van der Waals surface area (Å²) in [4.78, 5) is 7.16. The van der Waals surface area contributed by atoms with Crippen LogP contribution in [0.25, 0.3) is 0 Å². The van der Waals surface area contributed by atoms with Crippen LogP contribution in [0.15, 0.2) is 6.07 Å². The fraction of sp³-hybridized carbons (Fsp3) is 0.600. The minimum atomic E-state index is 0.738. The SMILES string of the molecule is N#Cc1cc2c(nc1N1C[C@H]3CNC[C@H]3C1)CCC2. The van der Waals surface area contributed by atoms with E-state index in [1.807, 2.05) is 0 Å². The van der Waals surface area contributed by atoms with E-state index in [0.717, 1.165) is 62.2 Å². The summed E-state index contributed by atoms with van der Waals surface area (Å²) in [6.45, 7) is 4.35. The van der Waals surface area contributed by atoms with E-state index < -0.39 is 0 Å². The van der Waals surface area contributed by atoms with Gasteiger partial charge in [-0.05, 0) is 42.7 Å². The molecule has 3 aliphatic rings. The number of pyridine rings is 1. The summed E-state index contributed by atoms with van der Waals surface area (Å²) < 4.78 is 0. The van der Waals surface area contributed by atoms with Crippen molar-refractivity contribution in [2.24, 2.45) is 11.8 Å². The van der Waals surface area contributed by atoms with E-state index in [1.165, 1.54) is 17.7 Å². The van der Waals surface area contributed by atoms with Crippen LogP contribution in [0.4, 0.5) is 5.82 Å². The van der Waals surface area contributed by atoms with Gasteiger partial charge in [-0.25, -0.2) is 4.98 Å². The van der Waals surface area contributed by atoms with Gasteiger partial charge in [0, 0.05) is 31.9 Å². The lowest BCUT2D eigenvalue weighted by Gasteiger charge is -2.20. The van der Waals surface area contributed by atoms with Crippen LogP contribution < -0.4 is 10.2 Å². The molecule has 0 bridgehead atoms. The summed E-state index contributed by atoms with van der Waals surface area (Å²) in [6, 6.07) is 4.43. The van der Waals surface area contributed by atoms with Crippen molar-refractivity contribution in [3.05, 3.63) is 22.9 Å². The zero-order chi connectivity index (χ0) is 12.8. The van der Waals surface area contributed by atoms with Gasteiger partial charge in [0.25, 0.3) is 0 Å². The average Bonchev–Trinajstić information content (AvgIpc) is 3.11. The molecule has 0 radical (unpaired) electrons. The van der Waals surface area contributed by atoms with E-state index in [1.54, 1.807) is 0 Å². The van der Waals surface area contributed by atoms with Crippen LogP contribution in [0.2, 0.25) is 0 Å².